The number of benzene rings is 1. The first-order chi connectivity index (χ1) is 13.7. The Bertz CT molecular complexity index is 883. The summed E-state index contributed by atoms with van der Waals surface area (Å²) in [7, 11) is 0. The van der Waals surface area contributed by atoms with Gasteiger partial charge in [0.1, 0.15) is 5.82 Å². The van der Waals surface area contributed by atoms with E-state index in [1.54, 1.807) is 12.4 Å². The molecule has 0 aliphatic heterocycles. The molecule has 1 amide bonds. The third-order valence-electron chi connectivity index (χ3n) is 4.09. The fraction of sp³-hybridized carbons (Fsp3) is 0.238. The van der Waals surface area contributed by atoms with E-state index in [9.17, 15) is 4.79 Å². The molecule has 0 aliphatic rings. The summed E-state index contributed by atoms with van der Waals surface area (Å²) in [5.74, 6) is 1.36. The molecule has 144 valence electrons. The molecule has 0 radical (unpaired) electrons. The second kappa shape index (κ2) is 10.0. The Labute approximate surface area is 164 Å². The van der Waals surface area contributed by atoms with Crippen LogP contribution in [-0.4, -0.2) is 34.2 Å². The molecule has 0 unspecified atom stereocenters. The number of nitrogens with zero attached hydrogens (tertiary/aromatic N) is 3. The third kappa shape index (κ3) is 6.35. The third-order valence-corrected chi connectivity index (χ3v) is 4.09. The van der Waals surface area contributed by atoms with Gasteiger partial charge in [0.15, 0.2) is 5.82 Å². The molecule has 3 aromatic rings. The minimum absolute atomic E-state index is 0.0475. The molecular formula is C21H24N6O. The molecule has 0 saturated carbocycles. The number of anilines is 3. The number of aryl methyl sites for hydroxylation is 2. The Morgan fingerprint density at radius 2 is 1.75 bits per heavy atom. The number of pyridine rings is 1. The van der Waals surface area contributed by atoms with Gasteiger partial charge in [0, 0.05) is 37.6 Å². The zero-order valence-corrected chi connectivity index (χ0v) is 15.9. The van der Waals surface area contributed by atoms with Crippen molar-refractivity contribution < 1.29 is 4.79 Å². The molecule has 28 heavy (non-hydrogen) atoms. The zero-order valence-electron chi connectivity index (χ0n) is 15.9. The van der Waals surface area contributed by atoms with E-state index in [4.69, 9.17) is 0 Å². The predicted molar refractivity (Wildman–Crippen MR) is 111 cm³/mol. The average molecular weight is 376 g/mol. The Hall–Kier alpha value is -3.48. The van der Waals surface area contributed by atoms with Gasteiger partial charge in [-0.15, -0.1) is 10.2 Å². The molecule has 0 fully saturated rings. The highest BCUT2D eigenvalue weighted by Gasteiger charge is 2.03. The molecule has 3 rings (SSSR count). The number of rotatable bonds is 9. The molecule has 0 saturated heterocycles. The largest absolute Gasteiger partial charge is 0.367 e. The second-order valence-electron chi connectivity index (χ2n) is 6.43. The van der Waals surface area contributed by atoms with Crippen molar-refractivity contribution in [2.75, 3.05) is 23.7 Å². The summed E-state index contributed by atoms with van der Waals surface area (Å²) in [6.07, 6.45) is 4.65. The first-order valence-electron chi connectivity index (χ1n) is 9.26. The van der Waals surface area contributed by atoms with Crippen molar-refractivity contribution in [1.82, 2.24) is 20.5 Å². The van der Waals surface area contributed by atoms with E-state index in [1.807, 2.05) is 36.4 Å². The van der Waals surface area contributed by atoms with Crippen LogP contribution in [0, 0.1) is 6.92 Å². The Morgan fingerprint density at radius 3 is 2.50 bits per heavy atom. The van der Waals surface area contributed by atoms with Crippen LogP contribution >= 0.6 is 0 Å². The molecule has 7 nitrogen and oxygen atoms in total. The van der Waals surface area contributed by atoms with Gasteiger partial charge in [0.25, 0.3) is 0 Å². The van der Waals surface area contributed by atoms with Crippen LogP contribution < -0.4 is 16.0 Å². The topological polar surface area (TPSA) is 91.8 Å². The quantitative estimate of drug-likeness (QED) is 0.497. The summed E-state index contributed by atoms with van der Waals surface area (Å²) in [6, 6.07) is 15.6. The van der Waals surface area contributed by atoms with Crippen molar-refractivity contribution in [2.45, 2.75) is 19.8 Å². The van der Waals surface area contributed by atoms with E-state index in [0.717, 1.165) is 12.1 Å². The first-order valence-corrected chi connectivity index (χ1v) is 9.26. The second-order valence-corrected chi connectivity index (χ2v) is 6.43. The molecule has 0 atom stereocenters. The van der Waals surface area contributed by atoms with Gasteiger partial charge >= 0.3 is 0 Å². The highest BCUT2D eigenvalue weighted by Crippen LogP contribution is 2.13. The van der Waals surface area contributed by atoms with Crippen LogP contribution in [-0.2, 0) is 11.2 Å². The molecule has 0 aliphatic carbocycles. The average Bonchev–Trinajstić information content (AvgIpc) is 2.72. The number of aromatic nitrogens is 3. The predicted octanol–water partition coefficient (Wildman–Crippen LogP) is 3.08. The summed E-state index contributed by atoms with van der Waals surface area (Å²) in [5, 5.41) is 17.5. The van der Waals surface area contributed by atoms with E-state index >= 15 is 0 Å². The van der Waals surface area contributed by atoms with Crippen LogP contribution in [0.25, 0.3) is 0 Å². The van der Waals surface area contributed by atoms with Crippen molar-refractivity contribution >= 4 is 23.2 Å². The number of nitrogens with one attached hydrogen (secondary N) is 3. The van der Waals surface area contributed by atoms with E-state index in [-0.39, 0.29) is 5.91 Å². The maximum atomic E-state index is 12.0. The molecule has 0 spiro atoms. The van der Waals surface area contributed by atoms with Crippen LogP contribution in [0.4, 0.5) is 17.3 Å². The van der Waals surface area contributed by atoms with Crippen LogP contribution in [0.15, 0.2) is 60.9 Å². The molecule has 7 heteroatoms. The molecule has 3 N–H and O–H groups in total. The molecule has 1 aromatic carbocycles. The van der Waals surface area contributed by atoms with Gasteiger partial charge in [-0.2, -0.15) is 0 Å². The van der Waals surface area contributed by atoms with Gasteiger partial charge in [-0.05, 0) is 43.2 Å². The van der Waals surface area contributed by atoms with E-state index < -0.39 is 0 Å². The molecule has 0 bridgehead atoms. The SMILES string of the molecule is Cc1cccc(CCC(=O)NCCNc2ccc(Nc3ccncc3)nn2)c1. The minimum atomic E-state index is 0.0475. The van der Waals surface area contributed by atoms with E-state index in [0.29, 0.717) is 31.1 Å². The fourth-order valence-electron chi connectivity index (χ4n) is 2.68. The molecule has 2 heterocycles. The van der Waals surface area contributed by atoms with Crippen molar-refractivity contribution in [3.05, 3.63) is 72.1 Å². The lowest BCUT2D eigenvalue weighted by atomic mass is 10.1. The summed E-state index contributed by atoms with van der Waals surface area (Å²) < 4.78 is 0. The summed E-state index contributed by atoms with van der Waals surface area (Å²) >= 11 is 0. The smallest absolute Gasteiger partial charge is 0.220 e. The fourth-order valence-corrected chi connectivity index (χ4v) is 2.68. The highest BCUT2D eigenvalue weighted by molar-refractivity contribution is 5.76. The number of hydrogen-bond acceptors (Lipinski definition) is 6. The molecule has 2 aromatic heterocycles. The molecular weight excluding hydrogens is 352 g/mol. The van der Waals surface area contributed by atoms with Crippen molar-refractivity contribution in [3.8, 4) is 0 Å². The summed E-state index contributed by atoms with van der Waals surface area (Å²) in [5.41, 5.74) is 3.30. The van der Waals surface area contributed by atoms with Crippen molar-refractivity contribution in [3.63, 3.8) is 0 Å². The maximum Gasteiger partial charge on any atom is 0.220 e. The van der Waals surface area contributed by atoms with Gasteiger partial charge in [-0.25, -0.2) is 0 Å². The Morgan fingerprint density at radius 1 is 0.964 bits per heavy atom. The van der Waals surface area contributed by atoms with E-state index in [1.165, 1.54) is 11.1 Å². The first kappa shape index (κ1) is 19.3. The van der Waals surface area contributed by atoms with Gasteiger partial charge in [0.05, 0.1) is 0 Å². The Balaban J connectivity index is 1.34. The monoisotopic (exact) mass is 376 g/mol. The lowest BCUT2D eigenvalue weighted by Gasteiger charge is -2.08. The summed E-state index contributed by atoms with van der Waals surface area (Å²) in [6.45, 7) is 3.17. The summed E-state index contributed by atoms with van der Waals surface area (Å²) in [4.78, 5) is 15.9. The van der Waals surface area contributed by atoms with Crippen LogP contribution in [0.2, 0.25) is 0 Å². The Kier molecular flexibility index (Phi) is 6.89. The lowest BCUT2D eigenvalue weighted by molar-refractivity contribution is -0.120. The number of carbonyl (C=O) groups excluding carboxylic acids is 1. The number of amides is 1. The lowest BCUT2D eigenvalue weighted by Crippen LogP contribution is -2.29. The minimum Gasteiger partial charge on any atom is -0.367 e. The maximum absolute atomic E-state index is 12.0. The zero-order chi connectivity index (χ0) is 19.6. The number of hydrogen-bond donors (Lipinski definition) is 3. The van der Waals surface area contributed by atoms with Gasteiger partial charge in [-0.3, -0.25) is 9.78 Å². The normalized spacial score (nSPS) is 10.3. The van der Waals surface area contributed by atoms with Gasteiger partial charge < -0.3 is 16.0 Å². The van der Waals surface area contributed by atoms with E-state index in [2.05, 4.69) is 50.2 Å². The van der Waals surface area contributed by atoms with Crippen LogP contribution in [0.5, 0.6) is 0 Å². The van der Waals surface area contributed by atoms with Crippen LogP contribution in [0.3, 0.4) is 0 Å². The van der Waals surface area contributed by atoms with Gasteiger partial charge in [-0.1, -0.05) is 29.8 Å². The van der Waals surface area contributed by atoms with Crippen molar-refractivity contribution in [2.24, 2.45) is 0 Å². The van der Waals surface area contributed by atoms with Crippen LogP contribution in [0.1, 0.15) is 17.5 Å². The van der Waals surface area contributed by atoms with Gasteiger partial charge in [0.2, 0.25) is 5.91 Å². The number of carbonyl (C=O) groups is 1. The standard InChI is InChI=1S/C21H24N6O/c1-16-3-2-4-17(15-16)5-8-21(28)24-14-13-23-19-6-7-20(27-26-19)25-18-9-11-22-12-10-18/h2-4,6-7,9-12,15H,5,8,13-14H2,1H3,(H,23,26)(H,24,28)(H,22,25,27). The van der Waals surface area contributed by atoms with Crippen molar-refractivity contribution in [1.29, 1.82) is 0 Å². The highest BCUT2D eigenvalue weighted by atomic mass is 16.1.